The Morgan fingerprint density at radius 2 is 2.47 bits per heavy atom. The second-order valence-electron chi connectivity index (χ2n) is 3.39. The summed E-state index contributed by atoms with van der Waals surface area (Å²) in [6, 6.07) is 4.14. The van der Waals surface area contributed by atoms with E-state index in [1.54, 1.807) is 17.5 Å². The molecule has 0 saturated heterocycles. The van der Waals surface area contributed by atoms with Crippen LogP contribution in [0.1, 0.15) is 16.6 Å². The minimum atomic E-state index is -0.00877. The van der Waals surface area contributed by atoms with Gasteiger partial charge in [-0.05, 0) is 27.4 Å². The molecule has 0 fully saturated rings. The van der Waals surface area contributed by atoms with Crippen molar-refractivity contribution in [2.75, 3.05) is 0 Å². The van der Waals surface area contributed by atoms with Gasteiger partial charge in [0.2, 0.25) is 0 Å². The Morgan fingerprint density at radius 3 is 3.00 bits per heavy atom. The number of aryl methyl sites for hydroxylation is 1. The topological polar surface area (TPSA) is 43.8 Å². The first-order chi connectivity index (χ1) is 7.18. The van der Waals surface area contributed by atoms with Gasteiger partial charge in [-0.3, -0.25) is 4.68 Å². The monoisotopic (exact) mass is 285 g/mol. The van der Waals surface area contributed by atoms with E-state index < -0.39 is 0 Å². The van der Waals surface area contributed by atoms with Crippen molar-refractivity contribution in [2.24, 2.45) is 12.8 Å². The fourth-order valence-corrected chi connectivity index (χ4v) is 2.99. The Bertz CT molecular complexity index is 416. The smallest absolute Gasteiger partial charge is 0.0693 e. The van der Waals surface area contributed by atoms with Gasteiger partial charge in [-0.1, -0.05) is 6.07 Å². The van der Waals surface area contributed by atoms with Crippen molar-refractivity contribution in [1.29, 1.82) is 0 Å². The van der Waals surface area contributed by atoms with Gasteiger partial charge in [-0.2, -0.15) is 5.10 Å². The highest BCUT2D eigenvalue weighted by Gasteiger charge is 2.15. The molecule has 0 amide bonds. The van der Waals surface area contributed by atoms with Crippen molar-refractivity contribution in [3.05, 3.63) is 38.8 Å². The molecule has 1 atom stereocenters. The van der Waals surface area contributed by atoms with Crippen molar-refractivity contribution in [3.63, 3.8) is 0 Å². The van der Waals surface area contributed by atoms with Crippen LogP contribution in [0.5, 0.6) is 0 Å². The number of halogens is 1. The van der Waals surface area contributed by atoms with Crippen molar-refractivity contribution in [2.45, 2.75) is 12.5 Å². The number of hydrogen-bond donors (Lipinski definition) is 1. The van der Waals surface area contributed by atoms with Crippen molar-refractivity contribution >= 4 is 27.3 Å². The number of nitrogens with zero attached hydrogens (tertiary/aromatic N) is 2. The third kappa shape index (κ3) is 2.30. The van der Waals surface area contributed by atoms with E-state index in [9.17, 15) is 0 Å². The molecular weight excluding hydrogens is 274 g/mol. The van der Waals surface area contributed by atoms with Crippen LogP contribution < -0.4 is 5.73 Å². The van der Waals surface area contributed by atoms with Crippen molar-refractivity contribution in [3.8, 4) is 0 Å². The molecule has 5 heteroatoms. The van der Waals surface area contributed by atoms with Gasteiger partial charge in [0.25, 0.3) is 0 Å². The highest BCUT2D eigenvalue weighted by molar-refractivity contribution is 9.10. The van der Waals surface area contributed by atoms with E-state index >= 15 is 0 Å². The molecule has 0 aliphatic rings. The molecule has 2 heterocycles. The lowest BCUT2D eigenvalue weighted by Gasteiger charge is -2.11. The summed E-state index contributed by atoms with van der Waals surface area (Å²) in [6.45, 7) is 0. The van der Waals surface area contributed by atoms with Gasteiger partial charge in [0.1, 0.15) is 0 Å². The third-order valence-electron chi connectivity index (χ3n) is 2.29. The predicted molar refractivity (Wildman–Crippen MR) is 65.9 cm³/mol. The SMILES string of the molecule is Cn1ncc(Br)c1C(N)Cc1cccs1. The maximum Gasteiger partial charge on any atom is 0.0693 e. The molecule has 2 aromatic heterocycles. The first-order valence-electron chi connectivity index (χ1n) is 4.64. The van der Waals surface area contributed by atoms with Crippen LogP contribution in [0.4, 0.5) is 0 Å². The van der Waals surface area contributed by atoms with E-state index in [2.05, 4.69) is 32.5 Å². The number of rotatable bonds is 3. The molecule has 0 aliphatic carbocycles. The van der Waals surface area contributed by atoms with Gasteiger partial charge in [-0.15, -0.1) is 11.3 Å². The number of nitrogens with two attached hydrogens (primary N) is 1. The first-order valence-corrected chi connectivity index (χ1v) is 6.31. The van der Waals surface area contributed by atoms with Gasteiger partial charge in [0.05, 0.1) is 22.4 Å². The van der Waals surface area contributed by atoms with Crippen LogP contribution in [-0.4, -0.2) is 9.78 Å². The molecule has 2 aromatic rings. The zero-order valence-corrected chi connectivity index (χ0v) is 10.8. The zero-order chi connectivity index (χ0) is 10.8. The van der Waals surface area contributed by atoms with Crippen LogP contribution in [0.3, 0.4) is 0 Å². The summed E-state index contributed by atoms with van der Waals surface area (Å²) < 4.78 is 2.80. The van der Waals surface area contributed by atoms with E-state index in [0.29, 0.717) is 0 Å². The quantitative estimate of drug-likeness (QED) is 0.942. The molecule has 3 nitrogen and oxygen atoms in total. The molecule has 0 aromatic carbocycles. The summed E-state index contributed by atoms with van der Waals surface area (Å²) in [5, 5.41) is 6.23. The van der Waals surface area contributed by atoms with Crippen LogP contribution in [0, 0.1) is 0 Å². The van der Waals surface area contributed by atoms with E-state index in [1.807, 2.05) is 17.8 Å². The Kier molecular flexibility index (Phi) is 3.23. The largest absolute Gasteiger partial charge is 0.322 e. The average molecular weight is 286 g/mol. The van der Waals surface area contributed by atoms with Crippen LogP contribution in [0.2, 0.25) is 0 Å². The minimum Gasteiger partial charge on any atom is -0.322 e. The number of aromatic nitrogens is 2. The molecule has 80 valence electrons. The van der Waals surface area contributed by atoms with Crippen molar-refractivity contribution < 1.29 is 0 Å². The summed E-state index contributed by atoms with van der Waals surface area (Å²) in [4.78, 5) is 1.30. The Morgan fingerprint density at radius 1 is 1.67 bits per heavy atom. The van der Waals surface area contributed by atoms with Crippen molar-refractivity contribution in [1.82, 2.24) is 9.78 Å². The molecule has 0 radical (unpaired) electrons. The van der Waals surface area contributed by atoms with Gasteiger partial charge >= 0.3 is 0 Å². The van der Waals surface area contributed by atoms with E-state index in [0.717, 1.165) is 16.6 Å². The Hall–Kier alpha value is -0.650. The van der Waals surface area contributed by atoms with Crippen LogP contribution in [0.25, 0.3) is 0 Å². The number of thiophene rings is 1. The minimum absolute atomic E-state index is 0.00877. The highest BCUT2D eigenvalue weighted by atomic mass is 79.9. The molecular formula is C10H12BrN3S. The maximum atomic E-state index is 6.15. The third-order valence-corrected chi connectivity index (χ3v) is 3.80. The van der Waals surface area contributed by atoms with E-state index in [-0.39, 0.29) is 6.04 Å². The predicted octanol–water partition coefficient (Wildman–Crippen LogP) is 2.49. The molecule has 0 saturated carbocycles. The number of hydrogen-bond acceptors (Lipinski definition) is 3. The van der Waals surface area contributed by atoms with Gasteiger partial charge in [-0.25, -0.2) is 0 Å². The lowest BCUT2D eigenvalue weighted by molar-refractivity contribution is 0.618. The van der Waals surface area contributed by atoms with Crippen LogP contribution in [-0.2, 0) is 13.5 Å². The standard InChI is InChI=1S/C10H12BrN3S/c1-14-10(8(11)6-13-14)9(12)5-7-3-2-4-15-7/h2-4,6,9H,5,12H2,1H3. The fraction of sp³-hybridized carbons (Fsp3) is 0.300. The summed E-state index contributed by atoms with van der Waals surface area (Å²) in [5.41, 5.74) is 7.19. The molecule has 15 heavy (non-hydrogen) atoms. The normalized spacial score (nSPS) is 13.0. The van der Waals surface area contributed by atoms with Gasteiger partial charge in [0, 0.05) is 18.3 Å². The van der Waals surface area contributed by atoms with Crippen LogP contribution in [0.15, 0.2) is 28.2 Å². The van der Waals surface area contributed by atoms with E-state index in [1.165, 1.54) is 4.88 Å². The summed E-state index contributed by atoms with van der Waals surface area (Å²) in [7, 11) is 1.91. The second kappa shape index (κ2) is 4.47. The van der Waals surface area contributed by atoms with Crippen LogP contribution >= 0.6 is 27.3 Å². The molecule has 1 unspecified atom stereocenters. The Labute approximate surface area is 101 Å². The lowest BCUT2D eigenvalue weighted by Crippen LogP contribution is -2.17. The second-order valence-corrected chi connectivity index (χ2v) is 5.28. The van der Waals surface area contributed by atoms with Gasteiger partial charge < -0.3 is 5.73 Å². The molecule has 0 aliphatic heterocycles. The molecule has 2 rings (SSSR count). The average Bonchev–Trinajstić information content (AvgIpc) is 2.77. The highest BCUT2D eigenvalue weighted by Crippen LogP contribution is 2.24. The molecule has 2 N–H and O–H groups in total. The summed E-state index contributed by atoms with van der Waals surface area (Å²) in [6.07, 6.45) is 2.64. The maximum absolute atomic E-state index is 6.15. The fourth-order valence-electron chi connectivity index (χ4n) is 1.58. The molecule has 0 spiro atoms. The lowest BCUT2D eigenvalue weighted by atomic mass is 10.1. The first kappa shape index (κ1) is 10.9. The molecule has 0 bridgehead atoms. The van der Waals surface area contributed by atoms with Gasteiger partial charge in [0.15, 0.2) is 0 Å². The summed E-state index contributed by atoms with van der Waals surface area (Å²) >= 11 is 5.20. The zero-order valence-electron chi connectivity index (χ0n) is 8.35. The van der Waals surface area contributed by atoms with E-state index in [4.69, 9.17) is 5.73 Å². The Balaban J connectivity index is 2.18. The summed E-state index contributed by atoms with van der Waals surface area (Å²) in [5.74, 6) is 0.